The lowest BCUT2D eigenvalue weighted by molar-refractivity contribution is 0.134. The molecule has 1 fully saturated rings. The SMILES string of the molecule is CC1CC(C)CN(Cc2ccc(F)c(C#CCO)c2)C1. The van der Waals surface area contributed by atoms with Gasteiger partial charge in [0.05, 0.1) is 5.56 Å². The highest BCUT2D eigenvalue weighted by Crippen LogP contribution is 2.22. The molecule has 1 aliphatic heterocycles. The van der Waals surface area contributed by atoms with Gasteiger partial charge in [-0.2, -0.15) is 0 Å². The van der Waals surface area contributed by atoms with Crippen LogP contribution in [0.15, 0.2) is 18.2 Å². The predicted octanol–water partition coefficient (Wildman–Crippen LogP) is 2.65. The molecule has 2 rings (SSSR count). The zero-order valence-corrected chi connectivity index (χ0v) is 12.2. The average Bonchev–Trinajstić information content (AvgIpc) is 2.38. The van der Waals surface area contributed by atoms with E-state index in [9.17, 15) is 4.39 Å². The van der Waals surface area contributed by atoms with Gasteiger partial charge < -0.3 is 5.11 Å². The van der Waals surface area contributed by atoms with Crippen LogP contribution in [-0.4, -0.2) is 29.7 Å². The third-order valence-electron chi connectivity index (χ3n) is 3.68. The highest BCUT2D eigenvalue weighted by Gasteiger charge is 2.21. The van der Waals surface area contributed by atoms with Crippen LogP contribution >= 0.6 is 0 Å². The van der Waals surface area contributed by atoms with Gasteiger partial charge in [-0.05, 0) is 36.0 Å². The Labute approximate surface area is 120 Å². The standard InChI is InChI=1S/C17H22FNO/c1-13-8-14(2)11-19(10-13)12-15-5-6-17(18)16(9-15)4-3-7-20/h5-6,9,13-14,20H,7-8,10-12H2,1-2H3. The number of hydrogen-bond acceptors (Lipinski definition) is 2. The van der Waals surface area contributed by atoms with Crippen molar-refractivity contribution in [3.63, 3.8) is 0 Å². The van der Waals surface area contributed by atoms with Gasteiger partial charge in [0.1, 0.15) is 12.4 Å². The normalized spacial score (nSPS) is 23.2. The first-order valence-electron chi connectivity index (χ1n) is 7.19. The van der Waals surface area contributed by atoms with Gasteiger partial charge in [-0.1, -0.05) is 31.8 Å². The number of aliphatic hydroxyl groups is 1. The van der Waals surface area contributed by atoms with Crippen molar-refractivity contribution in [1.82, 2.24) is 4.90 Å². The Morgan fingerprint density at radius 1 is 1.30 bits per heavy atom. The number of halogens is 1. The summed E-state index contributed by atoms with van der Waals surface area (Å²) < 4.78 is 13.6. The molecule has 108 valence electrons. The average molecular weight is 275 g/mol. The molecular weight excluding hydrogens is 253 g/mol. The van der Waals surface area contributed by atoms with E-state index in [1.807, 2.05) is 6.07 Å². The zero-order valence-electron chi connectivity index (χ0n) is 12.2. The molecule has 0 aromatic heterocycles. The minimum absolute atomic E-state index is 0.245. The molecular formula is C17H22FNO. The van der Waals surface area contributed by atoms with E-state index in [2.05, 4.69) is 30.6 Å². The van der Waals surface area contributed by atoms with Crippen molar-refractivity contribution in [2.75, 3.05) is 19.7 Å². The second kappa shape index (κ2) is 6.88. The fourth-order valence-electron chi connectivity index (χ4n) is 3.08. The summed E-state index contributed by atoms with van der Waals surface area (Å²) in [5.74, 6) is 6.27. The maximum atomic E-state index is 13.6. The summed E-state index contributed by atoms with van der Waals surface area (Å²) in [5, 5.41) is 8.70. The minimum atomic E-state index is -0.324. The number of piperidine rings is 1. The fraction of sp³-hybridized carbons (Fsp3) is 0.529. The van der Waals surface area contributed by atoms with Crippen LogP contribution in [-0.2, 0) is 6.54 Å². The van der Waals surface area contributed by atoms with E-state index in [0.717, 1.165) is 25.2 Å². The monoisotopic (exact) mass is 275 g/mol. The Kier molecular flexibility index (Phi) is 5.17. The van der Waals surface area contributed by atoms with Gasteiger partial charge >= 0.3 is 0 Å². The predicted molar refractivity (Wildman–Crippen MR) is 78.6 cm³/mol. The Morgan fingerprint density at radius 3 is 2.65 bits per heavy atom. The largest absolute Gasteiger partial charge is 0.384 e. The molecule has 3 heteroatoms. The molecule has 0 amide bonds. The van der Waals surface area contributed by atoms with E-state index in [4.69, 9.17) is 5.11 Å². The first-order chi connectivity index (χ1) is 9.58. The number of nitrogens with zero attached hydrogens (tertiary/aromatic N) is 1. The Morgan fingerprint density at radius 2 is 2.00 bits per heavy atom. The van der Waals surface area contributed by atoms with Gasteiger partial charge in [-0.15, -0.1) is 0 Å². The second-order valence-corrected chi connectivity index (χ2v) is 5.91. The summed E-state index contributed by atoms with van der Waals surface area (Å²) in [4.78, 5) is 2.43. The number of rotatable bonds is 2. The van der Waals surface area contributed by atoms with Crippen molar-refractivity contribution in [3.8, 4) is 11.8 Å². The molecule has 1 heterocycles. The summed E-state index contributed by atoms with van der Waals surface area (Å²) in [6.07, 6.45) is 1.28. The summed E-state index contributed by atoms with van der Waals surface area (Å²) >= 11 is 0. The maximum Gasteiger partial charge on any atom is 0.138 e. The molecule has 2 atom stereocenters. The van der Waals surface area contributed by atoms with Crippen molar-refractivity contribution >= 4 is 0 Å². The maximum absolute atomic E-state index is 13.6. The first-order valence-corrected chi connectivity index (χ1v) is 7.19. The zero-order chi connectivity index (χ0) is 14.5. The van der Waals surface area contributed by atoms with Crippen LogP contribution in [0.25, 0.3) is 0 Å². The van der Waals surface area contributed by atoms with Gasteiger partial charge in [0.2, 0.25) is 0 Å². The molecule has 1 aliphatic rings. The van der Waals surface area contributed by atoms with E-state index >= 15 is 0 Å². The van der Waals surface area contributed by atoms with Crippen LogP contribution in [0.2, 0.25) is 0 Å². The van der Waals surface area contributed by atoms with Gasteiger partial charge in [0.25, 0.3) is 0 Å². The third-order valence-corrected chi connectivity index (χ3v) is 3.68. The van der Waals surface area contributed by atoms with E-state index in [-0.39, 0.29) is 12.4 Å². The number of aliphatic hydroxyl groups excluding tert-OH is 1. The Bertz CT molecular complexity index is 507. The lowest BCUT2D eigenvalue weighted by atomic mass is 9.91. The lowest BCUT2D eigenvalue weighted by Gasteiger charge is -2.35. The van der Waals surface area contributed by atoms with Crippen molar-refractivity contribution in [2.24, 2.45) is 11.8 Å². The molecule has 0 radical (unpaired) electrons. The molecule has 1 saturated heterocycles. The van der Waals surface area contributed by atoms with Crippen molar-refractivity contribution in [1.29, 1.82) is 0 Å². The molecule has 1 N–H and O–H groups in total. The van der Waals surface area contributed by atoms with E-state index in [1.165, 1.54) is 12.5 Å². The Hall–Kier alpha value is -1.37. The molecule has 1 aromatic rings. The molecule has 2 unspecified atom stereocenters. The third kappa shape index (κ3) is 4.06. The lowest BCUT2D eigenvalue weighted by Crippen LogP contribution is -2.38. The number of likely N-dealkylation sites (tertiary alicyclic amines) is 1. The van der Waals surface area contributed by atoms with E-state index < -0.39 is 0 Å². The van der Waals surface area contributed by atoms with Gasteiger partial charge in [-0.25, -0.2) is 4.39 Å². The molecule has 0 saturated carbocycles. The van der Waals surface area contributed by atoms with Gasteiger partial charge in [0.15, 0.2) is 0 Å². The van der Waals surface area contributed by atoms with Crippen LogP contribution in [0.4, 0.5) is 4.39 Å². The van der Waals surface area contributed by atoms with E-state index in [1.54, 1.807) is 6.07 Å². The first kappa shape index (κ1) is 15.0. The summed E-state index contributed by atoms with van der Waals surface area (Å²) in [6, 6.07) is 5.08. The quantitative estimate of drug-likeness (QED) is 0.839. The van der Waals surface area contributed by atoms with Crippen LogP contribution in [0.5, 0.6) is 0 Å². The van der Waals surface area contributed by atoms with Gasteiger partial charge in [0, 0.05) is 19.6 Å². The number of benzene rings is 1. The smallest absolute Gasteiger partial charge is 0.138 e. The molecule has 0 spiro atoms. The van der Waals surface area contributed by atoms with Crippen molar-refractivity contribution < 1.29 is 9.50 Å². The molecule has 2 nitrogen and oxygen atoms in total. The summed E-state index contributed by atoms with van der Waals surface area (Å²) in [5.41, 5.74) is 1.45. The van der Waals surface area contributed by atoms with Crippen molar-refractivity contribution in [2.45, 2.75) is 26.8 Å². The van der Waals surface area contributed by atoms with Crippen LogP contribution in [0.1, 0.15) is 31.4 Å². The highest BCUT2D eigenvalue weighted by molar-refractivity contribution is 5.38. The van der Waals surface area contributed by atoms with Crippen LogP contribution < -0.4 is 0 Å². The van der Waals surface area contributed by atoms with Crippen molar-refractivity contribution in [3.05, 3.63) is 35.1 Å². The van der Waals surface area contributed by atoms with Crippen LogP contribution in [0.3, 0.4) is 0 Å². The molecule has 20 heavy (non-hydrogen) atoms. The second-order valence-electron chi connectivity index (χ2n) is 5.91. The molecule has 0 bridgehead atoms. The minimum Gasteiger partial charge on any atom is -0.384 e. The van der Waals surface area contributed by atoms with E-state index in [0.29, 0.717) is 17.4 Å². The highest BCUT2D eigenvalue weighted by atomic mass is 19.1. The van der Waals surface area contributed by atoms with Gasteiger partial charge in [-0.3, -0.25) is 4.90 Å². The fourth-order valence-corrected chi connectivity index (χ4v) is 3.08. The topological polar surface area (TPSA) is 23.5 Å². The molecule has 1 aromatic carbocycles. The Balaban J connectivity index is 2.09. The summed E-state index contributed by atoms with van der Waals surface area (Å²) in [7, 11) is 0. The van der Waals surface area contributed by atoms with Crippen LogP contribution in [0, 0.1) is 29.5 Å². The molecule has 0 aliphatic carbocycles. The number of hydrogen-bond donors (Lipinski definition) is 1. The summed E-state index contributed by atoms with van der Waals surface area (Å²) in [6.45, 7) is 7.35.